The van der Waals surface area contributed by atoms with Crippen LogP contribution in [-0.2, 0) is 18.1 Å². The SMILES string of the molecule is CO[Si](CCC1CC2C=CC1C2)(OC)OC(C)=O. The van der Waals surface area contributed by atoms with E-state index in [1.807, 2.05) is 0 Å². The van der Waals surface area contributed by atoms with Crippen LogP contribution in [0, 0.1) is 17.8 Å². The third-order valence-corrected chi connectivity index (χ3v) is 6.90. The molecule has 1 fully saturated rings. The van der Waals surface area contributed by atoms with E-state index in [4.69, 9.17) is 13.3 Å². The first-order chi connectivity index (χ1) is 8.58. The molecular formula is C13H22O4Si. The van der Waals surface area contributed by atoms with Gasteiger partial charge in [0.05, 0.1) is 0 Å². The first kappa shape index (κ1) is 13.8. The maximum atomic E-state index is 11.1. The predicted octanol–water partition coefficient (Wildman–Crippen LogP) is 2.38. The highest BCUT2D eigenvalue weighted by Gasteiger charge is 2.45. The number of carbonyl (C=O) groups is 1. The number of allylic oxidation sites excluding steroid dienone is 2. The Labute approximate surface area is 110 Å². The van der Waals surface area contributed by atoms with Crippen molar-refractivity contribution in [3.8, 4) is 0 Å². The van der Waals surface area contributed by atoms with Crippen LogP contribution in [0.2, 0.25) is 6.04 Å². The lowest BCUT2D eigenvalue weighted by Crippen LogP contribution is -2.45. The Hall–Kier alpha value is -0.653. The minimum atomic E-state index is -2.78. The van der Waals surface area contributed by atoms with E-state index in [0.29, 0.717) is 11.8 Å². The van der Waals surface area contributed by atoms with Gasteiger partial charge in [0.15, 0.2) is 0 Å². The number of rotatable bonds is 6. The summed E-state index contributed by atoms with van der Waals surface area (Å²) < 4.78 is 16.1. The molecule has 0 aromatic heterocycles. The molecule has 102 valence electrons. The highest BCUT2D eigenvalue weighted by Crippen LogP contribution is 2.46. The number of fused-ring (bicyclic) bond motifs is 2. The average Bonchev–Trinajstić information content (AvgIpc) is 2.96. The molecule has 3 unspecified atom stereocenters. The van der Waals surface area contributed by atoms with E-state index in [1.54, 1.807) is 14.2 Å². The molecule has 18 heavy (non-hydrogen) atoms. The van der Waals surface area contributed by atoms with Crippen LogP contribution in [0.3, 0.4) is 0 Å². The van der Waals surface area contributed by atoms with Gasteiger partial charge in [0, 0.05) is 27.2 Å². The zero-order chi connectivity index (χ0) is 13.2. The summed E-state index contributed by atoms with van der Waals surface area (Å²) in [4.78, 5) is 11.1. The van der Waals surface area contributed by atoms with Crippen LogP contribution in [0.4, 0.5) is 0 Å². The van der Waals surface area contributed by atoms with Gasteiger partial charge in [-0.05, 0) is 37.0 Å². The Balaban J connectivity index is 1.89. The van der Waals surface area contributed by atoms with Gasteiger partial charge in [0.1, 0.15) is 0 Å². The highest BCUT2D eigenvalue weighted by molar-refractivity contribution is 6.62. The van der Waals surface area contributed by atoms with E-state index in [1.165, 1.54) is 19.8 Å². The third-order valence-electron chi connectivity index (χ3n) is 4.16. The van der Waals surface area contributed by atoms with Gasteiger partial charge in [0.25, 0.3) is 5.97 Å². The van der Waals surface area contributed by atoms with Gasteiger partial charge in [-0.1, -0.05) is 12.2 Å². The normalized spacial score (nSPS) is 29.8. The summed E-state index contributed by atoms with van der Waals surface area (Å²) in [5.74, 6) is 1.87. The monoisotopic (exact) mass is 270 g/mol. The van der Waals surface area contributed by atoms with Gasteiger partial charge in [-0.15, -0.1) is 0 Å². The molecule has 0 heterocycles. The lowest BCUT2D eigenvalue weighted by Gasteiger charge is -2.27. The van der Waals surface area contributed by atoms with E-state index in [9.17, 15) is 4.79 Å². The third kappa shape index (κ3) is 2.84. The Morgan fingerprint density at radius 2 is 2.00 bits per heavy atom. The second kappa shape index (κ2) is 5.55. The molecule has 5 heteroatoms. The first-order valence-corrected chi connectivity index (χ1v) is 8.50. The molecule has 4 nitrogen and oxygen atoms in total. The number of hydrogen-bond acceptors (Lipinski definition) is 4. The molecule has 2 bridgehead atoms. The van der Waals surface area contributed by atoms with Crippen molar-refractivity contribution in [3.63, 3.8) is 0 Å². The number of hydrogen-bond donors (Lipinski definition) is 0. The van der Waals surface area contributed by atoms with Crippen LogP contribution in [0.25, 0.3) is 0 Å². The molecule has 2 rings (SSSR count). The Morgan fingerprint density at radius 1 is 1.28 bits per heavy atom. The molecule has 0 aromatic carbocycles. The van der Waals surface area contributed by atoms with Gasteiger partial charge in [-0.2, -0.15) is 0 Å². The minimum absolute atomic E-state index is 0.321. The molecule has 2 aliphatic carbocycles. The van der Waals surface area contributed by atoms with Crippen molar-refractivity contribution < 1.29 is 18.1 Å². The second-order valence-electron chi connectivity index (χ2n) is 5.26. The van der Waals surface area contributed by atoms with E-state index in [2.05, 4.69) is 12.2 Å². The molecular weight excluding hydrogens is 248 g/mol. The molecule has 0 aliphatic heterocycles. The van der Waals surface area contributed by atoms with Crippen molar-refractivity contribution in [2.24, 2.45) is 17.8 Å². The quantitative estimate of drug-likeness (QED) is 0.549. The van der Waals surface area contributed by atoms with Crippen LogP contribution in [0.15, 0.2) is 12.2 Å². The maximum absolute atomic E-state index is 11.1. The topological polar surface area (TPSA) is 44.8 Å². The summed E-state index contributed by atoms with van der Waals surface area (Å²) in [5, 5.41) is 0. The molecule has 3 atom stereocenters. The van der Waals surface area contributed by atoms with Crippen LogP contribution < -0.4 is 0 Å². The second-order valence-corrected chi connectivity index (χ2v) is 8.15. The standard InChI is InChI=1S/C13H22O4Si/c1-10(14)17-18(15-2,16-3)7-6-13-9-11-4-5-12(13)8-11/h4-5,11-13H,6-9H2,1-3H3. The van der Waals surface area contributed by atoms with Gasteiger partial charge in [0.2, 0.25) is 0 Å². The summed E-state index contributed by atoms with van der Waals surface area (Å²) in [5.41, 5.74) is 0. The summed E-state index contributed by atoms with van der Waals surface area (Å²) >= 11 is 0. The van der Waals surface area contributed by atoms with Crippen molar-refractivity contribution in [2.45, 2.75) is 32.2 Å². The van der Waals surface area contributed by atoms with Crippen LogP contribution in [-0.4, -0.2) is 29.0 Å². The largest absolute Gasteiger partial charge is 0.567 e. The zero-order valence-electron chi connectivity index (χ0n) is 11.3. The summed E-state index contributed by atoms with van der Waals surface area (Å²) in [7, 11) is 0.362. The Kier molecular flexibility index (Phi) is 4.24. The van der Waals surface area contributed by atoms with Crippen LogP contribution in [0.1, 0.15) is 26.2 Å². The fourth-order valence-corrected chi connectivity index (χ4v) is 5.24. The molecule has 0 radical (unpaired) electrons. The molecule has 2 aliphatic rings. The fraction of sp³-hybridized carbons (Fsp3) is 0.769. The lowest BCUT2D eigenvalue weighted by atomic mass is 9.91. The molecule has 0 amide bonds. The molecule has 1 saturated carbocycles. The van der Waals surface area contributed by atoms with Crippen molar-refractivity contribution in [1.82, 2.24) is 0 Å². The van der Waals surface area contributed by atoms with Crippen molar-refractivity contribution in [3.05, 3.63) is 12.2 Å². The van der Waals surface area contributed by atoms with Crippen molar-refractivity contribution in [2.75, 3.05) is 14.2 Å². The van der Waals surface area contributed by atoms with E-state index in [-0.39, 0.29) is 5.97 Å². The van der Waals surface area contributed by atoms with Crippen molar-refractivity contribution >= 4 is 14.8 Å². The van der Waals surface area contributed by atoms with Gasteiger partial charge < -0.3 is 13.3 Å². The van der Waals surface area contributed by atoms with Crippen LogP contribution >= 0.6 is 0 Å². The van der Waals surface area contributed by atoms with E-state index in [0.717, 1.165) is 18.4 Å². The van der Waals surface area contributed by atoms with Crippen LogP contribution in [0.5, 0.6) is 0 Å². The van der Waals surface area contributed by atoms with Gasteiger partial charge in [-0.3, -0.25) is 4.79 Å². The van der Waals surface area contributed by atoms with Gasteiger partial charge in [-0.25, -0.2) is 0 Å². The minimum Gasteiger partial charge on any atom is -0.473 e. The molecule has 0 saturated heterocycles. The fourth-order valence-electron chi connectivity index (χ4n) is 3.23. The highest BCUT2D eigenvalue weighted by atomic mass is 28.4. The summed E-state index contributed by atoms with van der Waals surface area (Å²) in [6.07, 6.45) is 8.26. The van der Waals surface area contributed by atoms with Crippen molar-refractivity contribution in [1.29, 1.82) is 0 Å². The van der Waals surface area contributed by atoms with E-state index < -0.39 is 8.80 Å². The predicted molar refractivity (Wildman–Crippen MR) is 69.8 cm³/mol. The molecule has 0 spiro atoms. The maximum Gasteiger partial charge on any atom is 0.567 e. The molecule has 0 aromatic rings. The zero-order valence-corrected chi connectivity index (χ0v) is 12.3. The molecule has 0 N–H and O–H groups in total. The summed E-state index contributed by atoms with van der Waals surface area (Å²) in [6, 6.07) is 0.724. The Bertz CT molecular complexity index is 338. The van der Waals surface area contributed by atoms with E-state index >= 15 is 0 Å². The summed E-state index contributed by atoms with van der Waals surface area (Å²) in [6.45, 7) is 1.40. The average molecular weight is 270 g/mol. The number of carbonyl (C=O) groups excluding carboxylic acids is 1. The van der Waals surface area contributed by atoms with Gasteiger partial charge >= 0.3 is 8.80 Å². The lowest BCUT2D eigenvalue weighted by molar-refractivity contribution is -0.136. The smallest absolute Gasteiger partial charge is 0.473 e. The first-order valence-electron chi connectivity index (χ1n) is 6.57. The Morgan fingerprint density at radius 3 is 2.44 bits per heavy atom.